The maximum Gasteiger partial charge on any atom is 0.331 e. The van der Waals surface area contributed by atoms with Crippen LogP contribution in [-0.4, -0.2) is 16.1 Å². The van der Waals surface area contributed by atoms with Gasteiger partial charge in [-0.05, 0) is 48.4 Å². The fourth-order valence-corrected chi connectivity index (χ4v) is 3.66. The molecule has 2 aromatic carbocycles. The summed E-state index contributed by atoms with van der Waals surface area (Å²) in [5, 5.41) is 11.5. The van der Waals surface area contributed by atoms with Gasteiger partial charge >= 0.3 is 5.97 Å². The molecule has 5 heteroatoms. The predicted octanol–water partition coefficient (Wildman–Crippen LogP) is 4.87. The maximum absolute atomic E-state index is 12.2. The summed E-state index contributed by atoms with van der Waals surface area (Å²) in [6.45, 7) is 3.60. The number of pyridine rings is 1. The minimum Gasteiger partial charge on any atom is -0.478 e. The van der Waals surface area contributed by atoms with E-state index in [0.29, 0.717) is 12.0 Å². The van der Waals surface area contributed by atoms with Crippen molar-refractivity contribution in [3.63, 3.8) is 0 Å². The summed E-state index contributed by atoms with van der Waals surface area (Å²) in [4.78, 5) is 28.2. The minimum atomic E-state index is -1.00. The molecule has 0 aliphatic heterocycles. The first-order valence-corrected chi connectivity index (χ1v) is 9.14. The Morgan fingerprint density at radius 1 is 1.15 bits per heavy atom. The lowest BCUT2D eigenvalue weighted by Crippen LogP contribution is -2.12. The SMILES string of the molecule is CCC(=Cc1cc(Sc2ccc3ccccc3c2)c(C)[nH]c1=O)C(=O)O. The molecule has 0 aliphatic rings. The first kappa shape index (κ1) is 18.0. The zero-order valence-corrected chi connectivity index (χ0v) is 15.4. The van der Waals surface area contributed by atoms with Crippen molar-refractivity contribution >= 4 is 34.6 Å². The van der Waals surface area contributed by atoms with E-state index in [1.165, 1.54) is 11.5 Å². The maximum atomic E-state index is 12.2. The first-order valence-electron chi connectivity index (χ1n) is 8.32. The van der Waals surface area contributed by atoms with Crippen molar-refractivity contribution in [2.24, 2.45) is 0 Å². The van der Waals surface area contributed by atoms with E-state index in [-0.39, 0.29) is 11.1 Å². The molecule has 1 aromatic heterocycles. The Labute approximate surface area is 155 Å². The van der Waals surface area contributed by atoms with Crippen LogP contribution in [-0.2, 0) is 4.79 Å². The summed E-state index contributed by atoms with van der Waals surface area (Å²) in [6.07, 6.45) is 1.81. The molecule has 0 amide bonds. The van der Waals surface area contributed by atoms with E-state index in [0.717, 1.165) is 20.9 Å². The van der Waals surface area contributed by atoms with Crippen LogP contribution in [0.4, 0.5) is 0 Å². The number of rotatable bonds is 5. The van der Waals surface area contributed by atoms with Gasteiger partial charge in [-0.1, -0.05) is 49.0 Å². The molecule has 4 nitrogen and oxygen atoms in total. The first-order chi connectivity index (χ1) is 12.5. The van der Waals surface area contributed by atoms with E-state index < -0.39 is 5.97 Å². The van der Waals surface area contributed by atoms with Crippen LogP contribution >= 0.6 is 11.8 Å². The largest absolute Gasteiger partial charge is 0.478 e. The van der Waals surface area contributed by atoms with Gasteiger partial charge in [0.05, 0.1) is 0 Å². The molecular weight excluding hydrogens is 346 g/mol. The molecule has 1 heterocycles. The van der Waals surface area contributed by atoms with Crippen LogP contribution in [0.25, 0.3) is 16.8 Å². The van der Waals surface area contributed by atoms with Gasteiger partial charge in [-0.25, -0.2) is 4.79 Å². The lowest BCUT2D eigenvalue weighted by molar-refractivity contribution is -0.132. The number of hydrogen-bond donors (Lipinski definition) is 2. The highest BCUT2D eigenvalue weighted by Crippen LogP contribution is 2.32. The average molecular weight is 365 g/mol. The number of fused-ring (bicyclic) bond motifs is 1. The molecule has 2 N–H and O–H groups in total. The molecule has 0 unspecified atom stereocenters. The van der Waals surface area contributed by atoms with Gasteiger partial charge in [-0.3, -0.25) is 4.79 Å². The van der Waals surface area contributed by atoms with Crippen molar-refractivity contribution in [3.05, 3.63) is 75.7 Å². The zero-order chi connectivity index (χ0) is 18.7. The highest BCUT2D eigenvalue weighted by Gasteiger charge is 2.10. The molecule has 0 atom stereocenters. The highest BCUT2D eigenvalue weighted by molar-refractivity contribution is 7.99. The Bertz CT molecular complexity index is 1070. The number of H-pyrrole nitrogens is 1. The molecule has 0 aliphatic carbocycles. The number of carboxylic acids is 1. The zero-order valence-electron chi connectivity index (χ0n) is 14.6. The van der Waals surface area contributed by atoms with Gasteiger partial charge < -0.3 is 10.1 Å². The Morgan fingerprint density at radius 3 is 2.58 bits per heavy atom. The number of hydrogen-bond acceptors (Lipinski definition) is 3. The number of aromatic amines is 1. The van der Waals surface area contributed by atoms with Crippen LogP contribution in [0.3, 0.4) is 0 Å². The third-order valence-corrected chi connectivity index (χ3v) is 5.29. The van der Waals surface area contributed by atoms with E-state index in [9.17, 15) is 14.7 Å². The fraction of sp³-hybridized carbons (Fsp3) is 0.143. The monoisotopic (exact) mass is 365 g/mol. The second kappa shape index (κ2) is 7.62. The molecule has 3 rings (SSSR count). The number of aliphatic carboxylic acids is 1. The Morgan fingerprint density at radius 2 is 1.88 bits per heavy atom. The van der Waals surface area contributed by atoms with Gasteiger partial charge in [0.2, 0.25) is 0 Å². The summed E-state index contributed by atoms with van der Waals surface area (Å²) >= 11 is 1.55. The van der Waals surface area contributed by atoms with Crippen molar-refractivity contribution in [3.8, 4) is 0 Å². The van der Waals surface area contributed by atoms with Crippen LogP contribution < -0.4 is 5.56 Å². The van der Waals surface area contributed by atoms with Crippen LogP contribution in [0.1, 0.15) is 24.6 Å². The van der Waals surface area contributed by atoms with Crippen LogP contribution in [0.15, 0.2) is 68.7 Å². The molecule has 26 heavy (non-hydrogen) atoms. The molecule has 3 aromatic rings. The normalized spacial score (nSPS) is 11.7. The molecule has 0 bridgehead atoms. The van der Waals surface area contributed by atoms with Crippen molar-refractivity contribution in [1.82, 2.24) is 4.98 Å². The van der Waals surface area contributed by atoms with E-state index in [2.05, 4.69) is 29.2 Å². The number of carbonyl (C=O) groups is 1. The Balaban J connectivity index is 2.00. The molecule has 0 fully saturated rings. The van der Waals surface area contributed by atoms with Crippen LogP contribution in [0.5, 0.6) is 0 Å². The lowest BCUT2D eigenvalue weighted by atomic mass is 10.1. The molecule has 0 saturated heterocycles. The standard InChI is InChI=1S/C21H19NO3S/c1-3-14(21(24)25)10-17-12-19(13(2)22-20(17)23)26-18-9-8-15-6-4-5-7-16(15)11-18/h4-12H,3H2,1-2H3,(H,22,23)(H,24,25). The molecule has 0 saturated carbocycles. The molecule has 0 radical (unpaired) electrons. The smallest absolute Gasteiger partial charge is 0.331 e. The van der Waals surface area contributed by atoms with Crippen molar-refractivity contribution in [2.75, 3.05) is 0 Å². The van der Waals surface area contributed by atoms with Gasteiger partial charge in [0.25, 0.3) is 5.56 Å². The summed E-state index contributed by atoms with van der Waals surface area (Å²) in [5.41, 5.74) is 1.05. The van der Waals surface area contributed by atoms with Gasteiger partial charge in [-0.15, -0.1) is 0 Å². The predicted molar refractivity (Wildman–Crippen MR) is 106 cm³/mol. The van der Waals surface area contributed by atoms with Crippen molar-refractivity contribution in [2.45, 2.75) is 30.1 Å². The number of benzene rings is 2. The average Bonchev–Trinajstić information content (AvgIpc) is 2.62. The quantitative estimate of drug-likeness (QED) is 0.633. The van der Waals surface area contributed by atoms with E-state index in [1.807, 2.05) is 25.1 Å². The second-order valence-corrected chi connectivity index (χ2v) is 7.10. The van der Waals surface area contributed by atoms with Gasteiger partial charge in [-0.2, -0.15) is 0 Å². The molecule has 132 valence electrons. The Hall–Kier alpha value is -2.79. The number of nitrogens with one attached hydrogen (secondary N) is 1. The van der Waals surface area contributed by atoms with Gasteiger partial charge in [0, 0.05) is 26.6 Å². The summed E-state index contributed by atoms with van der Waals surface area (Å²) in [6, 6.07) is 16.1. The fourth-order valence-electron chi connectivity index (χ4n) is 2.69. The molecule has 0 spiro atoms. The third kappa shape index (κ3) is 3.89. The van der Waals surface area contributed by atoms with E-state index >= 15 is 0 Å². The van der Waals surface area contributed by atoms with Gasteiger partial charge in [0.15, 0.2) is 0 Å². The number of aryl methyl sites for hydroxylation is 1. The highest BCUT2D eigenvalue weighted by atomic mass is 32.2. The third-order valence-electron chi connectivity index (χ3n) is 4.15. The lowest BCUT2D eigenvalue weighted by Gasteiger charge is -2.08. The topological polar surface area (TPSA) is 70.2 Å². The Kier molecular flexibility index (Phi) is 5.28. The van der Waals surface area contributed by atoms with Gasteiger partial charge in [0.1, 0.15) is 0 Å². The minimum absolute atomic E-state index is 0.209. The van der Waals surface area contributed by atoms with Crippen LogP contribution in [0.2, 0.25) is 0 Å². The summed E-state index contributed by atoms with van der Waals surface area (Å²) < 4.78 is 0. The number of carboxylic acid groups (broad SMARTS) is 1. The number of aromatic nitrogens is 1. The molecular formula is C21H19NO3S. The van der Waals surface area contributed by atoms with Crippen molar-refractivity contribution in [1.29, 1.82) is 0 Å². The summed E-state index contributed by atoms with van der Waals surface area (Å²) in [7, 11) is 0. The summed E-state index contributed by atoms with van der Waals surface area (Å²) in [5.74, 6) is -1.00. The van der Waals surface area contributed by atoms with E-state index in [4.69, 9.17) is 0 Å². The van der Waals surface area contributed by atoms with E-state index in [1.54, 1.807) is 24.8 Å². The van der Waals surface area contributed by atoms with Crippen molar-refractivity contribution < 1.29 is 9.90 Å². The second-order valence-electron chi connectivity index (χ2n) is 5.98. The van der Waals surface area contributed by atoms with Crippen LogP contribution in [0, 0.1) is 6.92 Å².